The van der Waals surface area contributed by atoms with Crippen molar-refractivity contribution in [3.63, 3.8) is 0 Å². The Bertz CT molecular complexity index is 628. The van der Waals surface area contributed by atoms with Crippen LogP contribution in [0.5, 0.6) is 5.75 Å². The minimum absolute atomic E-state index is 0.215. The van der Waals surface area contributed by atoms with E-state index >= 15 is 0 Å². The van der Waals surface area contributed by atoms with E-state index in [1.807, 2.05) is 25.1 Å². The number of unbranched alkanes of at least 4 members (excludes halogenated alkanes) is 3. The molecule has 2 rings (SSSR count). The molecule has 6 heteroatoms. The summed E-state index contributed by atoms with van der Waals surface area (Å²) in [6, 6.07) is 7.29. The molecule has 124 valence electrons. The summed E-state index contributed by atoms with van der Waals surface area (Å²) >= 11 is 1.39. The number of amides is 1. The molecule has 0 atom stereocenters. The Balaban J connectivity index is 1.96. The van der Waals surface area contributed by atoms with Crippen LogP contribution in [-0.4, -0.2) is 22.7 Å². The van der Waals surface area contributed by atoms with Crippen LogP contribution in [0.3, 0.4) is 0 Å². The van der Waals surface area contributed by atoms with Crippen molar-refractivity contribution in [3.05, 3.63) is 34.8 Å². The van der Waals surface area contributed by atoms with Crippen molar-refractivity contribution < 1.29 is 9.53 Å². The molecule has 23 heavy (non-hydrogen) atoms. The highest BCUT2D eigenvalue weighted by atomic mass is 32.1. The number of hydrogen-bond donors (Lipinski definition) is 1. The number of benzene rings is 1. The normalized spacial score (nSPS) is 10.5. The van der Waals surface area contributed by atoms with Gasteiger partial charge in [0.15, 0.2) is 0 Å². The fourth-order valence-electron chi connectivity index (χ4n) is 2.10. The Hall–Kier alpha value is -1.95. The van der Waals surface area contributed by atoms with Crippen molar-refractivity contribution in [2.75, 3.05) is 11.9 Å². The second kappa shape index (κ2) is 9.25. The number of nitrogens with zero attached hydrogens (tertiary/aromatic N) is 2. The molecule has 0 bridgehead atoms. The number of aromatic nitrogens is 2. The van der Waals surface area contributed by atoms with E-state index in [-0.39, 0.29) is 5.91 Å². The van der Waals surface area contributed by atoms with Gasteiger partial charge in [0, 0.05) is 0 Å². The summed E-state index contributed by atoms with van der Waals surface area (Å²) in [5, 5.41) is 12.2. The maximum Gasteiger partial charge on any atom is 0.261 e. The standard InChI is InChI=1S/C17H23N3O2S/c1-3-5-6-9-12-22-14-11-8-7-10-13(14)16(21)18-17-20-19-15(4-2)23-17/h7-8,10-11H,3-6,9,12H2,1-2H3,(H,18,20,21). The van der Waals surface area contributed by atoms with Crippen LogP contribution in [0.1, 0.15) is 54.9 Å². The zero-order chi connectivity index (χ0) is 16.5. The highest BCUT2D eigenvalue weighted by Crippen LogP contribution is 2.22. The number of anilines is 1. The SMILES string of the molecule is CCCCCCOc1ccccc1C(=O)Nc1nnc(CC)s1. The van der Waals surface area contributed by atoms with Crippen LogP contribution in [0, 0.1) is 0 Å². The first kappa shape index (κ1) is 17.4. The van der Waals surface area contributed by atoms with Gasteiger partial charge in [-0.1, -0.05) is 56.6 Å². The van der Waals surface area contributed by atoms with E-state index in [0.29, 0.717) is 23.1 Å². The molecule has 0 unspecified atom stereocenters. The van der Waals surface area contributed by atoms with Crippen LogP contribution in [0.4, 0.5) is 5.13 Å². The molecule has 5 nitrogen and oxygen atoms in total. The highest BCUT2D eigenvalue weighted by molar-refractivity contribution is 7.15. The van der Waals surface area contributed by atoms with Gasteiger partial charge in [-0.25, -0.2) is 0 Å². The van der Waals surface area contributed by atoms with Crippen LogP contribution >= 0.6 is 11.3 Å². The van der Waals surface area contributed by atoms with Gasteiger partial charge in [0.2, 0.25) is 5.13 Å². The van der Waals surface area contributed by atoms with Gasteiger partial charge < -0.3 is 4.74 Å². The summed E-state index contributed by atoms with van der Waals surface area (Å²) in [5.41, 5.74) is 0.524. The summed E-state index contributed by atoms with van der Waals surface area (Å²) < 4.78 is 5.78. The molecule has 1 aromatic heterocycles. The van der Waals surface area contributed by atoms with Crippen molar-refractivity contribution >= 4 is 22.4 Å². The molecule has 0 radical (unpaired) electrons. The zero-order valence-corrected chi connectivity index (χ0v) is 14.5. The molecule has 0 fully saturated rings. The van der Waals surface area contributed by atoms with Crippen molar-refractivity contribution in [3.8, 4) is 5.75 Å². The smallest absolute Gasteiger partial charge is 0.261 e. The molecule has 0 aliphatic heterocycles. The number of carbonyl (C=O) groups excluding carboxylic acids is 1. The maximum absolute atomic E-state index is 12.4. The largest absolute Gasteiger partial charge is 0.493 e. The summed E-state index contributed by atoms with van der Waals surface area (Å²) in [7, 11) is 0. The third-order valence-corrected chi connectivity index (χ3v) is 4.36. The number of aryl methyl sites for hydroxylation is 1. The predicted octanol–water partition coefficient (Wildman–Crippen LogP) is 4.31. The van der Waals surface area contributed by atoms with Crippen molar-refractivity contribution in [2.45, 2.75) is 46.0 Å². The molecule has 1 aromatic carbocycles. The molecule has 2 aromatic rings. The number of nitrogens with one attached hydrogen (secondary N) is 1. The molecule has 1 heterocycles. The van der Waals surface area contributed by atoms with Crippen LogP contribution in [0.15, 0.2) is 24.3 Å². The molecule has 1 N–H and O–H groups in total. The van der Waals surface area contributed by atoms with Crippen LogP contribution in [0.2, 0.25) is 0 Å². The molecular formula is C17H23N3O2S. The second-order valence-corrected chi connectivity index (χ2v) is 6.28. The van der Waals surface area contributed by atoms with Gasteiger partial charge in [0.1, 0.15) is 10.8 Å². The Labute approximate surface area is 141 Å². The fourth-order valence-corrected chi connectivity index (χ4v) is 2.78. The Kier molecular flexibility index (Phi) is 7.00. The van der Waals surface area contributed by atoms with Crippen molar-refractivity contribution in [1.82, 2.24) is 10.2 Å². The molecule has 1 amide bonds. The molecule has 0 spiro atoms. The summed E-state index contributed by atoms with van der Waals surface area (Å²) in [6.45, 7) is 4.81. The lowest BCUT2D eigenvalue weighted by Crippen LogP contribution is -2.13. The van der Waals surface area contributed by atoms with E-state index in [4.69, 9.17) is 4.74 Å². The molecular weight excluding hydrogens is 310 g/mol. The van der Waals surface area contributed by atoms with Crippen molar-refractivity contribution in [2.24, 2.45) is 0 Å². The van der Waals surface area contributed by atoms with Crippen LogP contribution in [0.25, 0.3) is 0 Å². The third kappa shape index (κ3) is 5.32. The lowest BCUT2D eigenvalue weighted by atomic mass is 10.2. The Morgan fingerprint density at radius 2 is 2.00 bits per heavy atom. The van der Waals surface area contributed by atoms with E-state index < -0.39 is 0 Å². The fraction of sp³-hybridized carbons (Fsp3) is 0.471. The maximum atomic E-state index is 12.4. The minimum atomic E-state index is -0.215. The van der Waals surface area contributed by atoms with Gasteiger partial charge >= 0.3 is 0 Å². The van der Waals surface area contributed by atoms with Gasteiger partial charge in [-0.15, -0.1) is 10.2 Å². The van der Waals surface area contributed by atoms with Crippen LogP contribution in [-0.2, 0) is 6.42 Å². The first-order chi connectivity index (χ1) is 11.2. The quantitative estimate of drug-likeness (QED) is 0.694. The van der Waals surface area contributed by atoms with Crippen molar-refractivity contribution in [1.29, 1.82) is 0 Å². The highest BCUT2D eigenvalue weighted by Gasteiger charge is 2.14. The topological polar surface area (TPSA) is 64.1 Å². The lowest BCUT2D eigenvalue weighted by Gasteiger charge is -2.10. The Morgan fingerprint density at radius 1 is 1.17 bits per heavy atom. The number of carbonyl (C=O) groups is 1. The van der Waals surface area contributed by atoms with Gasteiger partial charge in [-0.05, 0) is 25.0 Å². The van der Waals surface area contributed by atoms with Gasteiger partial charge in [-0.3, -0.25) is 10.1 Å². The number of rotatable bonds is 9. The number of ether oxygens (including phenoxy) is 1. The van der Waals surface area contributed by atoms with Gasteiger partial charge in [0.25, 0.3) is 5.91 Å². The van der Waals surface area contributed by atoms with E-state index in [9.17, 15) is 4.79 Å². The molecule has 0 saturated heterocycles. The first-order valence-corrected chi connectivity index (χ1v) is 8.91. The zero-order valence-electron chi connectivity index (χ0n) is 13.7. The lowest BCUT2D eigenvalue weighted by molar-refractivity contribution is 0.102. The first-order valence-electron chi connectivity index (χ1n) is 8.10. The molecule has 0 aliphatic carbocycles. The second-order valence-electron chi connectivity index (χ2n) is 5.21. The average molecular weight is 333 g/mol. The Morgan fingerprint density at radius 3 is 2.74 bits per heavy atom. The van der Waals surface area contributed by atoms with E-state index in [1.165, 1.54) is 24.2 Å². The predicted molar refractivity (Wildman–Crippen MR) is 93.3 cm³/mol. The number of para-hydroxylation sites is 1. The summed E-state index contributed by atoms with van der Waals surface area (Å²) in [5.74, 6) is 0.398. The van der Waals surface area contributed by atoms with E-state index in [1.54, 1.807) is 6.07 Å². The van der Waals surface area contributed by atoms with E-state index in [0.717, 1.165) is 24.3 Å². The van der Waals surface area contributed by atoms with Gasteiger partial charge in [-0.2, -0.15) is 0 Å². The summed E-state index contributed by atoms with van der Waals surface area (Å²) in [6.07, 6.45) is 5.36. The van der Waals surface area contributed by atoms with Gasteiger partial charge in [0.05, 0.1) is 12.2 Å². The summed E-state index contributed by atoms with van der Waals surface area (Å²) in [4.78, 5) is 12.4. The van der Waals surface area contributed by atoms with Crippen LogP contribution < -0.4 is 10.1 Å². The minimum Gasteiger partial charge on any atom is -0.493 e. The molecule has 0 saturated carbocycles. The van der Waals surface area contributed by atoms with E-state index in [2.05, 4.69) is 22.4 Å². The monoisotopic (exact) mass is 333 g/mol. The molecule has 0 aliphatic rings. The number of hydrogen-bond acceptors (Lipinski definition) is 5. The third-order valence-electron chi connectivity index (χ3n) is 3.38. The average Bonchev–Trinajstić information content (AvgIpc) is 3.02.